The van der Waals surface area contributed by atoms with Crippen LogP contribution >= 0.6 is 0 Å². The quantitative estimate of drug-likeness (QED) is 0.0358. The van der Waals surface area contributed by atoms with Gasteiger partial charge in [-0.25, -0.2) is 9.59 Å². The van der Waals surface area contributed by atoms with E-state index in [2.05, 4.69) is 26.0 Å². The molecule has 2 atom stereocenters. The minimum atomic E-state index is -4.26. The molecule has 0 saturated carbocycles. The summed E-state index contributed by atoms with van der Waals surface area (Å²) >= 11 is 0. The number of hydrogen-bond donors (Lipinski definition) is 7. The Bertz CT molecular complexity index is 1560. The predicted octanol–water partition coefficient (Wildman–Crippen LogP) is 0.0459. The highest BCUT2D eigenvalue weighted by Gasteiger charge is 2.29. The number of ether oxygens (including phenoxy) is 2. The first-order valence-corrected chi connectivity index (χ1v) is 17.6. The number of rotatable bonds is 22. The zero-order valence-corrected chi connectivity index (χ0v) is 29.0. The number of anilines is 1. The highest BCUT2D eigenvalue weighted by molar-refractivity contribution is 7.85. The highest BCUT2D eigenvalue weighted by atomic mass is 32.2. The van der Waals surface area contributed by atoms with Crippen LogP contribution in [0.1, 0.15) is 50.7 Å². The fourth-order valence-corrected chi connectivity index (χ4v) is 5.30. The molecule has 0 aliphatic carbocycles. The van der Waals surface area contributed by atoms with Gasteiger partial charge in [-0.05, 0) is 54.9 Å². The number of primary amides is 1. The smallest absolute Gasteiger partial charge is 0.450 e. The van der Waals surface area contributed by atoms with Gasteiger partial charge in [-0.15, -0.1) is 0 Å². The zero-order valence-electron chi connectivity index (χ0n) is 28.2. The molecule has 282 valence electrons. The molecule has 0 saturated heterocycles. The van der Waals surface area contributed by atoms with Crippen molar-refractivity contribution in [3.63, 3.8) is 0 Å². The monoisotopic (exact) mass is 740 g/mol. The average Bonchev–Trinajstić information content (AvgIpc) is 3.35. The van der Waals surface area contributed by atoms with Crippen LogP contribution in [0.5, 0.6) is 0 Å². The van der Waals surface area contributed by atoms with Gasteiger partial charge in [0.15, 0.2) is 0 Å². The number of carboxylic acid groups (broad SMARTS) is 1. The summed E-state index contributed by atoms with van der Waals surface area (Å²) in [6, 6.07) is 1.39. The summed E-state index contributed by atoms with van der Waals surface area (Å²) in [5, 5.41) is 19.2. The molecule has 0 radical (unpaired) electrons. The van der Waals surface area contributed by atoms with Crippen molar-refractivity contribution < 1.29 is 61.1 Å². The van der Waals surface area contributed by atoms with Crippen molar-refractivity contribution in [2.24, 2.45) is 11.7 Å². The lowest BCUT2D eigenvalue weighted by Crippen LogP contribution is -2.54. The number of nitrogens with two attached hydrogens (primary N) is 1. The number of imide groups is 1. The SMILES string of the molecule is CC(C)C(NC(=O)CCOCCN1C(=O)C=CC1=O)C(=O)N[C@@H](CCCNC(N)=O)C(=O)Nc1ccc(COC(=O)O)c(CCCS(=O)(=O)O)c1. The summed E-state index contributed by atoms with van der Waals surface area (Å²) in [4.78, 5) is 85.8. The lowest BCUT2D eigenvalue weighted by atomic mass is 10.0. The number of urea groups is 1. The van der Waals surface area contributed by atoms with Crippen LogP contribution in [0.3, 0.4) is 0 Å². The number of amides is 7. The minimum Gasteiger partial charge on any atom is -0.450 e. The summed E-state index contributed by atoms with van der Waals surface area (Å²) in [6.07, 6.45) is 0.934. The summed E-state index contributed by atoms with van der Waals surface area (Å²) in [7, 11) is -4.26. The summed E-state index contributed by atoms with van der Waals surface area (Å²) in [6.45, 7) is 3.07. The maximum absolute atomic E-state index is 13.5. The van der Waals surface area contributed by atoms with E-state index in [0.717, 1.165) is 17.1 Å². The predicted molar refractivity (Wildman–Crippen MR) is 179 cm³/mol. The van der Waals surface area contributed by atoms with Crippen LogP contribution in [0.4, 0.5) is 15.3 Å². The number of carbonyl (C=O) groups is 7. The Labute approximate surface area is 294 Å². The van der Waals surface area contributed by atoms with Gasteiger partial charge in [0, 0.05) is 30.8 Å². The average molecular weight is 741 g/mol. The van der Waals surface area contributed by atoms with E-state index in [-0.39, 0.29) is 70.7 Å². The molecular weight excluding hydrogens is 696 g/mol. The third-order valence-electron chi connectivity index (χ3n) is 7.37. The lowest BCUT2D eigenvalue weighted by Gasteiger charge is -2.25. The molecule has 19 nitrogen and oxygen atoms in total. The second-order valence-electron chi connectivity index (χ2n) is 11.7. The van der Waals surface area contributed by atoms with E-state index in [0.29, 0.717) is 11.1 Å². The second kappa shape index (κ2) is 20.6. The normalized spacial score (nSPS) is 13.8. The molecule has 0 spiro atoms. The summed E-state index contributed by atoms with van der Waals surface area (Å²) < 4.78 is 41.5. The standard InChI is InChI=1S/C31H44N6O13S/c1-19(2)27(36-24(38)11-14-49-15-13-37-25(39)9-10-26(37)40)29(42)35-23(6-3-12-33-30(32)43)28(41)34-22-8-7-21(18-50-31(44)45)20(17-22)5-4-16-51(46,47)48/h7-10,17,19,23,27H,3-6,11-16,18H2,1-2H3,(H,34,41)(H,35,42)(H,36,38)(H,44,45)(H3,32,33,43)(H,46,47,48)/t23-,27?/m0/s1. The lowest BCUT2D eigenvalue weighted by molar-refractivity contribution is -0.138. The maximum Gasteiger partial charge on any atom is 0.506 e. The Morgan fingerprint density at radius 2 is 1.65 bits per heavy atom. The number of nitrogens with one attached hydrogen (secondary N) is 4. The van der Waals surface area contributed by atoms with Gasteiger partial charge in [0.05, 0.1) is 25.5 Å². The third kappa shape index (κ3) is 16.0. The topological polar surface area (TPSA) is 290 Å². The van der Waals surface area contributed by atoms with Crippen molar-refractivity contribution in [2.75, 3.05) is 37.4 Å². The van der Waals surface area contributed by atoms with Crippen molar-refractivity contribution in [1.29, 1.82) is 0 Å². The number of nitrogens with zero attached hydrogens (tertiary/aromatic N) is 1. The molecule has 1 aliphatic rings. The van der Waals surface area contributed by atoms with E-state index >= 15 is 0 Å². The van der Waals surface area contributed by atoms with Crippen LogP contribution in [-0.4, -0.2) is 109 Å². The summed E-state index contributed by atoms with van der Waals surface area (Å²) in [5.74, 6) is -3.76. The van der Waals surface area contributed by atoms with Crippen LogP contribution in [0.25, 0.3) is 0 Å². The van der Waals surface area contributed by atoms with E-state index in [9.17, 15) is 42.0 Å². The fourth-order valence-electron chi connectivity index (χ4n) is 4.79. The molecule has 1 aromatic carbocycles. The Kier molecular flexibility index (Phi) is 17.0. The van der Waals surface area contributed by atoms with E-state index in [4.69, 9.17) is 20.1 Å². The molecule has 0 fully saturated rings. The molecule has 0 bridgehead atoms. The van der Waals surface area contributed by atoms with Crippen LogP contribution in [-0.2, 0) is 56.6 Å². The molecule has 20 heteroatoms. The van der Waals surface area contributed by atoms with Gasteiger partial charge < -0.3 is 41.6 Å². The molecule has 1 aliphatic heterocycles. The molecule has 2 rings (SSSR count). The molecular formula is C31H44N6O13S. The minimum absolute atomic E-state index is 0.00678. The number of carbonyl (C=O) groups excluding carboxylic acids is 6. The molecule has 0 aromatic heterocycles. The van der Waals surface area contributed by atoms with Crippen molar-refractivity contribution in [3.8, 4) is 0 Å². The Morgan fingerprint density at radius 3 is 2.25 bits per heavy atom. The van der Waals surface area contributed by atoms with Gasteiger partial charge in [-0.2, -0.15) is 8.42 Å². The molecule has 1 heterocycles. The number of aryl methyl sites for hydroxylation is 1. The zero-order chi connectivity index (χ0) is 38.1. The van der Waals surface area contributed by atoms with Gasteiger partial charge in [0.25, 0.3) is 21.9 Å². The van der Waals surface area contributed by atoms with Crippen molar-refractivity contribution in [2.45, 2.75) is 64.6 Å². The van der Waals surface area contributed by atoms with Crippen LogP contribution < -0.4 is 27.0 Å². The van der Waals surface area contributed by atoms with Gasteiger partial charge in [-0.3, -0.25) is 33.4 Å². The molecule has 1 aromatic rings. The first-order chi connectivity index (χ1) is 24.0. The van der Waals surface area contributed by atoms with Crippen molar-refractivity contribution in [1.82, 2.24) is 20.9 Å². The Balaban J connectivity index is 2.10. The van der Waals surface area contributed by atoms with Crippen LogP contribution in [0, 0.1) is 5.92 Å². The molecule has 51 heavy (non-hydrogen) atoms. The highest BCUT2D eigenvalue weighted by Crippen LogP contribution is 2.20. The maximum atomic E-state index is 13.5. The molecule has 1 unspecified atom stereocenters. The second-order valence-corrected chi connectivity index (χ2v) is 13.3. The van der Waals surface area contributed by atoms with Crippen LogP contribution in [0.15, 0.2) is 30.4 Å². The van der Waals surface area contributed by atoms with Gasteiger partial charge in [0.1, 0.15) is 18.7 Å². The van der Waals surface area contributed by atoms with E-state index in [1.54, 1.807) is 13.8 Å². The number of hydrogen-bond acceptors (Lipinski definition) is 11. The van der Waals surface area contributed by atoms with Gasteiger partial charge in [0.2, 0.25) is 17.7 Å². The van der Waals surface area contributed by atoms with Crippen LogP contribution in [0.2, 0.25) is 0 Å². The first kappa shape index (κ1) is 42.1. The van der Waals surface area contributed by atoms with E-state index in [1.165, 1.54) is 18.2 Å². The molecule has 7 amide bonds. The Morgan fingerprint density at radius 1 is 0.961 bits per heavy atom. The van der Waals surface area contributed by atoms with Crippen molar-refractivity contribution in [3.05, 3.63) is 41.5 Å². The number of benzene rings is 1. The molecule has 8 N–H and O–H groups in total. The third-order valence-corrected chi connectivity index (χ3v) is 8.18. The Hall–Kier alpha value is -5.08. The first-order valence-electron chi connectivity index (χ1n) is 15.9. The van der Waals surface area contributed by atoms with Gasteiger partial charge in [-0.1, -0.05) is 19.9 Å². The largest absolute Gasteiger partial charge is 0.506 e. The van der Waals surface area contributed by atoms with E-state index in [1.807, 2.05) is 0 Å². The van der Waals surface area contributed by atoms with Gasteiger partial charge >= 0.3 is 12.2 Å². The fraction of sp³-hybridized carbons (Fsp3) is 0.516. The van der Waals surface area contributed by atoms with E-state index < -0.39 is 75.6 Å². The summed E-state index contributed by atoms with van der Waals surface area (Å²) in [5.41, 5.74) is 6.17. The van der Waals surface area contributed by atoms with Crippen molar-refractivity contribution >= 4 is 57.5 Å².